The van der Waals surface area contributed by atoms with Crippen molar-refractivity contribution in [2.24, 2.45) is 0 Å². The van der Waals surface area contributed by atoms with Crippen molar-refractivity contribution in [1.82, 2.24) is 14.5 Å². The van der Waals surface area contributed by atoms with E-state index in [1.54, 1.807) is 6.08 Å². The highest BCUT2D eigenvalue weighted by Crippen LogP contribution is 2.51. The number of hydrogen-bond acceptors (Lipinski definition) is 3. The molecule has 0 N–H and O–H groups in total. The van der Waals surface area contributed by atoms with E-state index in [2.05, 4.69) is 104 Å². The smallest absolute Gasteiger partial charge is 0.160 e. The number of allylic oxidation sites excluding steroid dienone is 4. The van der Waals surface area contributed by atoms with Crippen LogP contribution in [0.1, 0.15) is 30.8 Å². The van der Waals surface area contributed by atoms with Gasteiger partial charge in [-0.1, -0.05) is 106 Å². The maximum atomic E-state index is 5.19. The van der Waals surface area contributed by atoms with E-state index in [9.17, 15) is 0 Å². The largest absolute Gasteiger partial charge is 0.300 e. The van der Waals surface area contributed by atoms with E-state index in [0.717, 1.165) is 27.7 Å². The molecule has 4 heterocycles. The minimum absolute atomic E-state index is 0.198. The highest BCUT2D eigenvalue weighted by atomic mass is 32.1. The zero-order valence-electron chi connectivity index (χ0n) is 24.4. The molecule has 0 saturated heterocycles. The molecule has 0 aliphatic carbocycles. The first-order chi connectivity index (χ1) is 21.0. The maximum absolute atomic E-state index is 5.19. The number of thiophene rings is 1. The van der Waals surface area contributed by atoms with Crippen molar-refractivity contribution in [1.29, 1.82) is 0 Å². The van der Waals surface area contributed by atoms with Crippen molar-refractivity contribution >= 4 is 66.3 Å². The predicted molar refractivity (Wildman–Crippen MR) is 186 cm³/mol. The molecule has 1 radical (unpaired) electrons. The molecule has 8 rings (SSSR count). The highest BCUT2D eigenvalue weighted by molar-refractivity contribution is 7.25. The van der Waals surface area contributed by atoms with Crippen LogP contribution in [0.4, 0.5) is 0 Å². The minimum Gasteiger partial charge on any atom is -0.300 e. The van der Waals surface area contributed by atoms with Crippen LogP contribution in [-0.2, 0) is 5.41 Å². The fourth-order valence-electron chi connectivity index (χ4n) is 6.75. The second kappa shape index (κ2) is 9.65. The van der Waals surface area contributed by atoms with Gasteiger partial charge in [0.25, 0.3) is 0 Å². The summed E-state index contributed by atoms with van der Waals surface area (Å²) in [5.74, 6) is 2.70. The maximum Gasteiger partial charge on any atom is 0.160 e. The molecule has 7 aromatic rings. The second-order valence-corrected chi connectivity index (χ2v) is 12.7. The standard InChI is InChI=1S/C38H29BN3S/c1-5-11-23(20-21-39-4)36-40-30-16-8-6-12-25(30)34(41-36)24-18-19-31-29(22-24)38(2,3)28-15-10-14-27-33-26-13-7-9-17-32(26)43-37(33)42(31)35(27)28/h5-22H,1H2,2-4H3/b21-20-,23-11+. The number of benzene rings is 4. The Morgan fingerprint density at radius 3 is 2.51 bits per heavy atom. The quantitative estimate of drug-likeness (QED) is 0.152. The fraction of sp³-hybridized carbons (Fsp3) is 0.105. The van der Waals surface area contributed by atoms with Crippen molar-refractivity contribution in [3.8, 4) is 16.9 Å². The number of aromatic nitrogens is 3. The van der Waals surface area contributed by atoms with Gasteiger partial charge in [0.05, 0.1) is 22.4 Å². The van der Waals surface area contributed by atoms with Gasteiger partial charge in [-0.2, -0.15) is 0 Å². The van der Waals surface area contributed by atoms with E-state index < -0.39 is 0 Å². The number of hydrogen-bond donors (Lipinski definition) is 0. The molecule has 0 bridgehead atoms. The lowest BCUT2D eigenvalue weighted by molar-refractivity contribution is 0.630. The zero-order valence-corrected chi connectivity index (χ0v) is 25.2. The van der Waals surface area contributed by atoms with E-state index >= 15 is 0 Å². The van der Waals surface area contributed by atoms with Gasteiger partial charge < -0.3 is 4.57 Å². The van der Waals surface area contributed by atoms with Crippen molar-refractivity contribution in [2.75, 3.05) is 0 Å². The van der Waals surface area contributed by atoms with Gasteiger partial charge in [-0.25, -0.2) is 9.97 Å². The Morgan fingerprint density at radius 2 is 1.67 bits per heavy atom. The van der Waals surface area contributed by atoms with Crippen molar-refractivity contribution in [3.63, 3.8) is 0 Å². The van der Waals surface area contributed by atoms with Gasteiger partial charge in [0.1, 0.15) is 12.1 Å². The highest BCUT2D eigenvalue weighted by Gasteiger charge is 2.36. The molecule has 5 heteroatoms. The SMILES string of the molecule is C=C/C=C(\C=C/[B]C)c1nc(-c2ccc3c(c2)C(C)(C)c2cccc4c5c6ccccc6sc5n-3c24)c2ccccc2n1. The molecule has 0 fully saturated rings. The summed E-state index contributed by atoms with van der Waals surface area (Å²) in [6, 6.07) is 30.8. The van der Waals surface area contributed by atoms with Crippen LogP contribution in [0.25, 0.3) is 64.6 Å². The van der Waals surface area contributed by atoms with Crippen LogP contribution in [0.15, 0.2) is 116 Å². The van der Waals surface area contributed by atoms with Crippen LogP contribution in [-0.4, -0.2) is 21.8 Å². The van der Waals surface area contributed by atoms with Gasteiger partial charge in [0, 0.05) is 42.8 Å². The minimum atomic E-state index is -0.198. The third-order valence-corrected chi connectivity index (χ3v) is 9.95. The number of fused-ring (bicyclic) bond motifs is 8. The molecular formula is C38H29BN3S. The summed E-state index contributed by atoms with van der Waals surface area (Å²) in [4.78, 5) is 11.5. The molecule has 4 aromatic carbocycles. The van der Waals surface area contributed by atoms with Crippen LogP contribution in [0.2, 0.25) is 6.82 Å². The third kappa shape index (κ3) is 3.74. The van der Waals surface area contributed by atoms with Crippen molar-refractivity contribution in [3.05, 3.63) is 133 Å². The van der Waals surface area contributed by atoms with E-state index in [0.29, 0.717) is 5.82 Å². The topological polar surface area (TPSA) is 30.7 Å². The first-order valence-corrected chi connectivity index (χ1v) is 15.5. The molecule has 0 saturated carbocycles. The van der Waals surface area contributed by atoms with Gasteiger partial charge in [0.2, 0.25) is 0 Å². The average molecular weight is 571 g/mol. The third-order valence-electron chi connectivity index (χ3n) is 8.79. The molecule has 205 valence electrons. The Labute approximate surface area is 255 Å². The molecule has 0 atom stereocenters. The monoisotopic (exact) mass is 570 g/mol. The summed E-state index contributed by atoms with van der Waals surface area (Å²) in [6.07, 6.45) is 5.79. The molecule has 3 nitrogen and oxygen atoms in total. The molecule has 3 aromatic heterocycles. The number of rotatable bonds is 5. The summed E-state index contributed by atoms with van der Waals surface area (Å²) in [5.41, 5.74) is 8.90. The fourth-order valence-corrected chi connectivity index (χ4v) is 7.99. The van der Waals surface area contributed by atoms with Crippen LogP contribution in [0, 0.1) is 0 Å². The van der Waals surface area contributed by atoms with Crippen LogP contribution >= 0.6 is 11.3 Å². The van der Waals surface area contributed by atoms with Crippen molar-refractivity contribution in [2.45, 2.75) is 26.1 Å². The van der Waals surface area contributed by atoms with E-state index in [4.69, 9.17) is 9.97 Å². The normalized spacial score (nSPS) is 14.3. The molecule has 0 unspecified atom stereocenters. The van der Waals surface area contributed by atoms with Gasteiger partial charge >= 0.3 is 0 Å². The van der Waals surface area contributed by atoms with E-state index in [-0.39, 0.29) is 5.41 Å². The van der Waals surface area contributed by atoms with Crippen LogP contribution < -0.4 is 0 Å². The number of para-hydroxylation sites is 2. The van der Waals surface area contributed by atoms with Crippen LogP contribution in [0.3, 0.4) is 0 Å². The Kier molecular flexibility index (Phi) is 5.82. The van der Waals surface area contributed by atoms with Gasteiger partial charge in [-0.3, -0.25) is 0 Å². The van der Waals surface area contributed by atoms with E-state index in [1.807, 2.05) is 49.6 Å². The molecule has 0 spiro atoms. The van der Waals surface area contributed by atoms with Gasteiger partial charge in [-0.05, 0) is 35.4 Å². The first kappa shape index (κ1) is 25.9. The lowest BCUT2D eigenvalue weighted by Gasteiger charge is -2.35. The summed E-state index contributed by atoms with van der Waals surface area (Å²) >= 11 is 1.88. The lowest BCUT2D eigenvalue weighted by atomic mass is 9.74. The summed E-state index contributed by atoms with van der Waals surface area (Å²) in [7, 11) is 2.01. The second-order valence-electron chi connectivity index (χ2n) is 11.6. The van der Waals surface area contributed by atoms with Gasteiger partial charge in [0.15, 0.2) is 5.82 Å². The average Bonchev–Trinajstić information content (AvgIpc) is 3.56. The Bertz CT molecular complexity index is 2330. The first-order valence-electron chi connectivity index (χ1n) is 14.7. The number of nitrogens with zero attached hydrogens (tertiary/aromatic N) is 3. The Hall–Kier alpha value is -4.74. The molecule has 0 amide bonds. The molecule has 1 aliphatic rings. The zero-order chi connectivity index (χ0) is 29.3. The van der Waals surface area contributed by atoms with Crippen molar-refractivity contribution < 1.29 is 0 Å². The lowest BCUT2D eigenvalue weighted by Crippen LogP contribution is -2.26. The molecule has 43 heavy (non-hydrogen) atoms. The summed E-state index contributed by atoms with van der Waals surface area (Å²) < 4.78 is 3.83. The Morgan fingerprint density at radius 1 is 0.884 bits per heavy atom. The van der Waals surface area contributed by atoms with Crippen LogP contribution in [0.5, 0.6) is 0 Å². The predicted octanol–water partition coefficient (Wildman–Crippen LogP) is 10.1. The summed E-state index contributed by atoms with van der Waals surface area (Å²) in [6.45, 7) is 10.6. The Balaban J connectivity index is 1.41. The summed E-state index contributed by atoms with van der Waals surface area (Å²) in [5, 5.41) is 5.06. The molecular weight excluding hydrogens is 541 g/mol. The molecule has 1 aliphatic heterocycles. The van der Waals surface area contributed by atoms with Gasteiger partial charge in [-0.15, -0.1) is 17.3 Å². The van der Waals surface area contributed by atoms with E-state index in [1.165, 1.54) is 48.0 Å².